The number of rotatable bonds is 1. The normalized spacial score (nSPS) is 11.4. The van der Waals surface area contributed by atoms with Crippen LogP contribution in [0.5, 0.6) is 0 Å². The maximum atomic E-state index is 10.9. The maximum absolute atomic E-state index is 10.9. The SMILES string of the molecule is CC(=O)OC(C)(C)C.CC(C)C(=O)OC(C)(C)C. The fourth-order valence-electron chi connectivity index (χ4n) is 0.851. The van der Waals surface area contributed by atoms with Gasteiger partial charge in [0.05, 0.1) is 5.92 Å². The number of carbonyl (C=O) groups excluding carboxylic acids is 2. The average molecular weight is 260 g/mol. The van der Waals surface area contributed by atoms with Gasteiger partial charge in [-0.15, -0.1) is 0 Å². The summed E-state index contributed by atoms with van der Waals surface area (Å²) >= 11 is 0. The second kappa shape index (κ2) is 7.39. The lowest BCUT2D eigenvalue weighted by molar-refractivity contribution is -0.158. The molecule has 4 heteroatoms. The lowest BCUT2D eigenvalue weighted by atomic mass is 10.1. The highest BCUT2D eigenvalue weighted by Crippen LogP contribution is 2.10. The molecule has 108 valence electrons. The Morgan fingerprint density at radius 1 is 0.833 bits per heavy atom. The van der Waals surface area contributed by atoms with Crippen LogP contribution < -0.4 is 0 Å². The average Bonchev–Trinajstić information content (AvgIpc) is 1.95. The molecule has 0 spiro atoms. The van der Waals surface area contributed by atoms with Crippen LogP contribution in [0.25, 0.3) is 0 Å². The molecule has 0 bridgehead atoms. The van der Waals surface area contributed by atoms with Crippen LogP contribution in [0.4, 0.5) is 0 Å². The third-order valence-electron chi connectivity index (χ3n) is 1.33. The van der Waals surface area contributed by atoms with Gasteiger partial charge in [-0.2, -0.15) is 0 Å². The van der Waals surface area contributed by atoms with Crippen LogP contribution in [-0.4, -0.2) is 23.1 Å². The highest BCUT2D eigenvalue weighted by atomic mass is 16.6. The van der Waals surface area contributed by atoms with Crippen LogP contribution in [0.3, 0.4) is 0 Å². The van der Waals surface area contributed by atoms with Gasteiger partial charge < -0.3 is 9.47 Å². The van der Waals surface area contributed by atoms with Crippen molar-refractivity contribution < 1.29 is 19.1 Å². The summed E-state index contributed by atoms with van der Waals surface area (Å²) in [4.78, 5) is 21.2. The Morgan fingerprint density at radius 2 is 1.17 bits per heavy atom. The van der Waals surface area contributed by atoms with Gasteiger partial charge in [-0.3, -0.25) is 9.59 Å². The van der Waals surface area contributed by atoms with Crippen LogP contribution >= 0.6 is 0 Å². The van der Waals surface area contributed by atoms with Crippen LogP contribution in [0, 0.1) is 5.92 Å². The second-order valence-electron chi connectivity index (χ2n) is 6.39. The van der Waals surface area contributed by atoms with Gasteiger partial charge in [0.1, 0.15) is 11.2 Å². The number of hydrogen-bond acceptors (Lipinski definition) is 4. The monoisotopic (exact) mass is 260 g/mol. The Morgan fingerprint density at radius 3 is 1.22 bits per heavy atom. The van der Waals surface area contributed by atoms with E-state index < -0.39 is 0 Å². The zero-order valence-electron chi connectivity index (χ0n) is 13.2. The number of carbonyl (C=O) groups is 2. The summed E-state index contributed by atoms with van der Waals surface area (Å²) in [5, 5.41) is 0. The largest absolute Gasteiger partial charge is 0.460 e. The van der Waals surface area contributed by atoms with E-state index in [0.29, 0.717) is 0 Å². The molecular formula is C14H28O4. The van der Waals surface area contributed by atoms with E-state index in [1.54, 1.807) is 0 Å². The van der Waals surface area contributed by atoms with Crippen molar-refractivity contribution in [3.63, 3.8) is 0 Å². The molecule has 0 N–H and O–H groups in total. The highest BCUT2D eigenvalue weighted by Gasteiger charge is 2.18. The smallest absolute Gasteiger partial charge is 0.308 e. The fourth-order valence-corrected chi connectivity index (χ4v) is 0.851. The molecule has 0 unspecified atom stereocenters. The molecule has 0 aliphatic rings. The molecule has 0 rings (SSSR count). The summed E-state index contributed by atoms with van der Waals surface area (Å²) in [6, 6.07) is 0. The van der Waals surface area contributed by atoms with E-state index in [4.69, 9.17) is 9.47 Å². The third kappa shape index (κ3) is 17.3. The number of esters is 2. The minimum atomic E-state index is -0.346. The van der Waals surface area contributed by atoms with Crippen LogP contribution in [0.15, 0.2) is 0 Å². The van der Waals surface area contributed by atoms with E-state index in [9.17, 15) is 9.59 Å². The molecule has 0 saturated carbocycles. The Kier molecular flexibility index (Phi) is 7.92. The predicted octanol–water partition coefficient (Wildman–Crippen LogP) is 3.33. The maximum Gasteiger partial charge on any atom is 0.308 e. The molecule has 0 aromatic carbocycles. The van der Waals surface area contributed by atoms with E-state index >= 15 is 0 Å². The lowest BCUT2D eigenvalue weighted by Crippen LogP contribution is -2.26. The van der Waals surface area contributed by atoms with Crippen molar-refractivity contribution in [2.45, 2.75) is 73.5 Å². The molecule has 0 heterocycles. The molecule has 0 atom stereocenters. The molecule has 0 aliphatic heterocycles. The van der Waals surface area contributed by atoms with Gasteiger partial charge in [0.2, 0.25) is 0 Å². The molecule has 0 fully saturated rings. The van der Waals surface area contributed by atoms with Gasteiger partial charge in [-0.25, -0.2) is 0 Å². The summed E-state index contributed by atoms with van der Waals surface area (Å²) in [6.07, 6.45) is 0. The summed E-state index contributed by atoms with van der Waals surface area (Å²) < 4.78 is 9.86. The highest BCUT2D eigenvalue weighted by molar-refractivity contribution is 5.71. The summed E-state index contributed by atoms with van der Waals surface area (Å²) in [5.74, 6) is -0.385. The topological polar surface area (TPSA) is 52.6 Å². The van der Waals surface area contributed by atoms with Crippen LogP contribution in [0.2, 0.25) is 0 Å². The molecule has 0 aromatic heterocycles. The van der Waals surface area contributed by atoms with Gasteiger partial charge in [-0.1, -0.05) is 13.8 Å². The van der Waals surface area contributed by atoms with Crippen molar-refractivity contribution >= 4 is 11.9 Å². The molecule has 4 nitrogen and oxygen atoms in total. The van der Waals surface area contributed by atoms with Crippen molar-refractivity contribution in [1.29, 1.82) is 0 Å². The van der Waals surface area contributed by atoms with Gasteiger partial charge >= 0.3 is 11.9 Å². The van der Waals surface area contributed by atoms with E-state index in [0.717, 1.165) is 0 Å². The van der Waals surface area contributed by atoms with Gasteiger partial charge in [0.15, 0.2) is 0 Å². The van der Waals surface area contributed by atoms with Crippen molar-refractivity contribution in [1.82, 2.24) is 0 Å². The Labute approximate surface area is 111 Å². The zero-order valence-corrected chi connectivity index (χ0v) is 13.2. The van der Waals surface area contributed by atoms with Crippen LogP contribution in [-0.2, 0) is 19.1 Å². The quantitative estimate of drug-likeness (QED) is 0.679. The first-order chi connectivity index (χ1) is 7.74. The lowest BCUT2D eigenvalue weighted by Gasteiger charge is -2.20. The molecule has 0 saturated heterocycles. The fraction of sp³-hybridized carbons (Fsp3) is 0.857. The van der Waals surface area contributed by atoms with Crippen molar-refractivity contribution in [3.8, 4) is 0 Å². The summed E-state index contributed by atoms with van der Waals surface area (Å²) in [5.41, 5.74) is -0.673. The molecule has 0 aromatic rings. The number of hydrogen-bond donors (Lipinski definition) is 0. The minimum absolute atomic E-state index is 0.0285. The number of ether oxygens (including phenoxy) is 2. The van der Waals surface area contributed by atoms with Crippen molar-refractivity contribution in [2.24, 2.45) is 5.92 Å². The van der Waals surface area contributed by atoms with Crippen LogP contribution in [0.1, 0.15) is 62.3 Å². The van der Waals surface area contributed by atoms with Gasteiger partial charge in [0, 0.05) is 6.92 Å². The van der Waals surface area contributed by atoms with Gasteiger partial charge in [-0.05, 0) is 41.5 Å². The van der Waals surface area contributed by atoms with Gasteiger partial charge in [0.25, 0.3) is 0 Å². The molecule has 18 heavy (non-hydrogen) atoms. The van der Waals surface area contributed by atoms with E-state index in [2.05, 4.69) is 0 Å². The first-order valence-corrected chi connectivity index (χ1v) is 6.17. The Balaban J connectivity index is 0. The third-order valence-corrected chi connectivity index (χ3v) is 1.33. The van der Waals surface area contributed by atoms with E-state index in [1.807, 2.05) is 55.4 Å². The van der Waals surface area contributed by atoms with E-state index in [1.165, 1.54) is 6.92 Å². The standard InChI is InChI=1S/C8H16O2.C6H12O2/c1-6(2)7(9)10-8(3,4)5;1-5(7)8-6(2,3)4/h6H,1-5H3;1-4H3. The predicted molar refractivity (Wildman–Crippen MR) is 72.2 cm³/mol. The molecule has 0 radical (unpaired) electrons. The summed E-state index contributed by atoms with van der Waals surface area (Å²) in [7, 11) is 0. The zero-order chi connectivity index (χ0) is 15.1. The molecule has 0 aliphatic carbocycles. The first kappa shape index (κ1) is 19.3. The molecular weight excluding hydrogens is 232 g/mol. The summed E-state index contributed by atoms with van der Waals surface area (Å²) in [6.45, 7) is 16.2. The van der Waals surface area contributed by atoms with Crippen molar-refractivity contribution in [3.05, 3.63) is 0 Å². The molecule has 0 amide bonds. The Hall–Kier alpha value is -1.06. The second-order valence-corrected chi connectivity index (χ2v) is 6.39. The van der Waals surface area contributed by atoms with Crippen molar-refractivity contribution in [2.75, 3.05) is 0 Å². The Bertz CT molecular complexity index is 266. The first-order valence-electron chi connectivity index (χ1n) is 6.17. The minimum Gasteiger partial charge on any atom is -0.460 e. The van der Waals surface area contributed by atoms with E-state index in [-0.39, 0.29) is 29.1 Å².